The summed E-state index contributed by atoms with van der Waals surface area (Å²) in [7, 11) is -3.63. The van der Waals surface area contributed by atoms with Crippen LogP contribution in [-0.4, -0.2) is 67.6 Å². The Hall–Kier alpha value is -2.33. The van der Waals surface area contributed by atoms with E-state index < -0.39 is 27.6 Å². The minimum atomic E-state index is -3.63. The van der Waals surface area contributed by atoms with Crippen molar-refractivity contribution >= 4 is 22.1 Å². The highest BCUT2D eigenvalue weighted by Gasteiger charge is 2.27. The molecule has 1 unspecified atom stereocenters. The van der Waals surface area contributed by atoms with Crippen LogP contribution in [0.15, 0.2) is 24.3 Å². The van der Waals surface area contributed by atoms with Crippen LogP contribution >= 0.6 is 0 Å². The number of ether oxygens (including phenoxy) is 2. The molecule has 2 N–H and O–H groups in total. The van der Waals surface area contributed by atoms with Crippen LogP contribution in [0.5, 0.6) is 5.75 Å². The zero-order valence-corrected chi connectivity index (χ0v) is 23.5. The van der Waals surface area contributed by atoms with E-state index in [0.717, 1.165) is 57.2 Å². The lowest BCUT2D eigenvalue weighted by molar-refractivity contribution is -0.138. The maximum Gasteiger partial charge on any atom is 0.410 e. The summed E-state index contributed by atoms with van der Waals surface area (Å²) in [6.45, 7) is 9.59. The molecule has 1 aromatic carbocycles. The number of hydrogen-bond acceptors (Lipinski definition) is 6. The van der Waals surface area contributed by atoms with E-state index in [-0.39, 0.29) is 18.3 Å². The fourth-order valence-electron chi connectivity index (χ4n) is 4.20. The number of rotatable bonds is 14. The molecule has 1 fully saturated rings. The number of carboxylic acids is 1. The molecule has 0 spiro atoms. The van der Waals surface area contributed by atoms with Crippen LogP contribution in [0.2, 0.25) is 0 Å². The number of aliphatic carboxylic acids is 1. The van der Waals surface area contributed by atoms with Gasteiger partial charge in [0, 0.05) is 13.1 Å². The Labute approximate surface area is 222 Å². The summed E-state index contributed by atoms with van der Waals surface area (Å²) < 4.78 is 37.8. The highest BCUT2D eigenvalue weighted by molar-refractivity contribution is 7.89. The van der Waals surface area contributed by atoms with Gasteiger partial charge in [-0.15, -0.1) is 0 Å². The molecule has 1 amide bonds. The maximum absolute atomic E-state index is 12.2. The smallest absolute Gasteiger partial charge is 0.410 e. The summed E-state index contributed by atoms with van der Waals surface area (Å²) in [5.41, 5.74) is 0.249. The van der Waals surface area contributed by atoms with Crippen molar-refractivity contribution in [3.8, 4) is 5.75 Å². The van der Waals surface area contributed by atoms with Crippen molar-refractivity contribution in [1.29, 1.82) is 0 Å². The molecule has 1 atom stereocenters. The lowest BCUT2D eigenvalue weighted by Crippen LogP contribution is -2.43. The second-order valence-electron chi connectivity index (χ2n) is 10.8. The van der Waals surface area contributed by atoms with Gasteiger partial charge in [-0.2, -0.15) is 0 Å². The summed E-state index contributed by atoms with van der Waals surface area (Å²) in [5.74, 6) is 0.0333. The number of nitrogens with one attached hydrogen (secondary N) is 1. The predicted octanol–water partition coefficient (Wildman–Crippen LogP) is 4.60. The lowest BCUT2D eigenvalue weighted by atomic mass is 9.92. The van der Waals surface area contributed by atoms with Crippen LogP contribution in [0, 0.1) is 5.92 Å². The molecule has 0 radical (unpaired) electrons. The summed E-state index contributed by atoms with van der Waals surface area (Å²) in [5, 5.41) is 9.44. The van der Waals surface area contributed by atoms with Gasteiger partial charge in [0.15, 0.2) is 0 Å². The SMILES string of the molecule is CCCCS(=O)(=O)NC(Cc1ccc(OCCCCC2CCN(C(=O)OC(C)(C)C)CC2)cc1)C(=O)O. The van der Waals surface area contributed by atoms with Gasteiger partial charge < -0.3 is 19.5 Å². The minimum Gasteiger partial charge on any atom is -0.494 e. The van der Waals surface area contributed by atoms with Crippen LogP contribution in [-0.2, 0) is 26.0 Å². The van der Waals surface area contributed by atoms with Crippen molar-refractivity contribution in [1.82, 2.24) is 9.62 Å². The highest BCUT2D eigenvalue weighted by atomic mass is 32.2. The van der Waals surface area contributed by atoms with E-state index in [1.807, 2.05) is 27.7 Å². The molecular formula is C27H44N2O7S. The molecule has 9 nitrogen and oxygen atoms in total. The van der Waals surface area contributed by atoms with Crippen LogP contribution in [0.4, 0.5) is 4.79 Å². The number of unbranched alkanes of at least 4 members (excludes halogenated alkanes) is 2. The minimum absolute atomic E-state index is 0.0632. The lowest BCUT2D eigenvalue weighted by Gasteiger charge is -2.33. The van der Waals surface area contributed by atoms with Gasteiger partial charge in [-0.05, 0) is 82.9 Å². The van der Waals surface area contributed by atoms with E-state index in [9.17, 15) is 23.1 Å². The van der Waals surface area contributed by atoms with Gasteiger partial charge in [0.05, 0.1) is 12.4 Å². The molecule has 10 heteroatoms. The Morgan fingerprint density at radius 2 is 1.76 bits per heavy atom. The van der Waals surface area contributed by atoms with E-state index in [0.29, 0.717) is 24.7 Å². The fourth-order valence-corrected chi connectivity index (χ4v) is 5.61. The Kier molecular flexibility index (Phi) is 12.2. The van der Waals surface area contributed by atoms with Crippen molar-refractivity contribution in [2.24, 2.45) is 5.92 Å². The molecule has 0 aliphatic carbocycles. The number of carboxylic acid groups (broad SMARTS) is 1. The zero-order valence-electron chi connectivity index (χ0n) is 22.7. The average molecular weight is 541 g/mol. The number of amides is 1. The third-order valence-electron chi connectivity index (χ3n) is 6.29. The first-order valence-electron chi connectivity index (χ1n) is 13.3. The fraction of sp³-hybridized carbons (Fsp3) is 0.704. The van der Waals surface area contributed by atoms with E-state index in [1.165, 1.54) is 0 Å². The normalized spacial score (nSPS) is 15.8. The first kappa shape index (κ1) is 30.9. The van der Waals surface area contributed by atoms with E-state index in [1.54, 1.807) is 29.2 Å². The van der Waals surface area contributed by atoms with Gasteiger partial charge in [-0.25, -0.2) is 17.9 Å². The number of sulfonamides is 1. The molecule has 37 heavy (non-hydrogen) atoms. The van der Waals surface area contributed by atoms with Gasteiger partial charge in [0.2, 0.25) is 10.0 Å². The molecule has 0 bridgehead atoms. The Balaban J connectivity index is 1.67. The first-order chi connectivity index (χ1) is 17.4. The number of carbonyl (C=O) groups is 2. The second-order valence-corrected chi connectivity index (χ2v) is 12.7. The first-order valence-corrected chi connectivity index (χ1v) is 15.0. The van der Waals surface area contributed by atoms with Crippen LogP contribution in [0.1, 0.15) is 78.2 Å². The third kappa shape index (κ3) is 12.2. The second kappa shape index (κ2) is 14.6. The topological polar surface area (TPSA) is 122 Å². The molecule has 2 rings (SSSR count). The third-order valence-corrected chi connectivity index (χ3v) is 7.76. The molecule has 1 aliphatic rings. The summed E-state index contributed by atoms with van der Waals surface area (Å²) in [6.07, 6.45) is 6.11. The van der Waals surface area contributed by atoms with Crippen LogP contribution in [0.3, 0.4) is 0 Å². The van der Waals surface area contributed by atoms with E-state index in [2.05, 4.69) is 4.72 Å². The molecule has 1 heterocycles. The van der Waals surface area contributed by atoms with Crippen LogP contribution in [0.25, 0.3) is 0 Å². The number of piperidine rings is 1. The Bertz CT molecular complexity index is 950. The van der Waals surface area contributed by atoms with Crippen molar-refractivity contribution in [2.75, 3.05) is 25.4 Å². The Morgan fingerprint density at radius 1 is 1.11 bits per heavy atom. The molecule has 0 aromatic heterocycles. The van der Waals surface area contributed by atoms with E-state index in [4.69, 9.17) is 9.47 Å². The molecular weight excluding hydrogens is 496 g/mol. The van der Waals surface area contributed by atoms with Crippen molar-refractivity contribution in [2.45, 2.75) is 90.7 Å². The molecule has 0 saturated carbocycles. The number of likely N-dealkylation sites (tertiary alicyclic amines) is 1. The maximum atomic E-state index is 12.2. The number of benzene rings is 1. The molecule has 1 aromatic rings. The van der Waals surface area contributed by atoms with Gasteiger partial charge in [-0.3, -0.25) is 4.79 Å². The number of carbonyl (C=O) groups excluding carboxylic acids is 1. The van der Waals surface area contributed by atoms with Gasteiger partial charge in [0.25, 0.3) is 0 Å². The highest BCUT2D eigenvalue weighted by Crippen LogP contribution is 2.24. The summed E-state index contributed by atoms with van der Waals surface area (Å²) in [6, 6.07) is 5.90. The number of hydrogen-bond donors (Lipinski definition) is 2. The largest absolute Gasteiger partial charge is 0.494 e. The molecule has 1 aliphatic heterocycles. The standard InChI is InChI=1S/C27H44N2O7S/c1-5-6-19-37(33,34)28-24(25(30)31)20-22-10-12-23(13-11-22)35-18-8-7-9-21-14-16-29(17-15-21)26(32)36-27(2,3)4/h10-13,21,24,28H,5-9,14-20H2,1-4H3,(H,30,31). The van der Waals surface area contributed by atoms with Gasteiger partial charge in [0.1, 0.15) is 17.4 Å². The Morgan fingerprint density at radius 3 is 2.32 bits per heavy atom. The van der Waals surface area contributed by atoms with Gasteiger partial charge >= 0.3 is 12.1 Å². The van der Waals surface area contributed by atoms with E-state index >= 15 is 0 Å². The summed E-state index contributed by atoms with van der Waals surface area (Å²) >= 11 is 0. The predicted molar refractivity (Wildman–Crippen MR) is 143 cm³/mol. The van der Waals surface area contributed by atoms with Crippen LogP contribution < -0.4 is 9.46 Å². The molecule has 210 valence electrons. The summed E-state index contributed by atoms with van der Waals surface area (Å²) in [4.78, 5) is 25.5. The van der Waals surface area contributed by atoms with Gasteiger partial charge in [-0.1, -0.05) is 31.9 Å². The monoisotopic (exact) mass is 540 g/mol. The molecule has 1 saturated heterocycles. The van der Waals surface area contributed by atoms with Crippen molar-refractivity contribution in [3.05, 3.63) is 29.8 Å². The quantitative estimate of drug-likeness (QED) is 0.331. The number of nitrogens with zero attached hydrogens (tertiary/aromatic N) is 1. The average Bonchev–Trinajstić information content (AvgIpc) is 2.82. The zero-order chi connectivity index (χ0) is 27.5. The van der Waals surface area contributed by atoms with Crippen molar-refractivity contribution < 1.29 is 32.6 Å². The van der Waals surface area contributed by atoms with Crippen molar-refractivity contribution in [3.63, 3.8) is 0 Å².